The highest BCUT2D eigenvalue weighted by Crippen LogP contribution is 2.44. The molecule has 2 aliphatic rings. The van der Waals surface area contributed by atoms with Gasteiger partial charge in [-0.15, -0.1) is 0 Å². The van der Waals surface area contributed by atoms with Gasteiger partial charge in [-0.25, -0.2) is 4.79 Å². The summed E-state index contributed by atoms with van der Waals surface area (Å²) in [7, 11) is 0. The smallest absolute Gasteiger partial charge is 0.339 e. The number of carbonyl (C=O) groups is 2. The molecule has 0 N–H and O–H groups in total. The van der Waals surface area contributed by atoms with Crippen molar-refractivity contribution in [3.05, 3.63) is 40.0 Å². The molecule has 0 amide bonds. The first-order valence-corrected chi connectivity index (χ1v) is 10.0. The molecule has 1 unspecified atom stereocenters. The lowest BCUT2D eigenvalue weighted by Gasteiger charge is -2.34. The number of benzene rings is 1. The second-order valence-electron chi connectivity index (χ2n) is 8.43. The van der Waals surface area contributed by atoms with Crippen LogP contribution in [0.5, 0.6) is 0 Å². The van der Waals surface area contributed by atoms with Crippen molar-refractivity contribution in [1.82, 2.24) is 0 Å². The molecule has 1 aromatic carbocycles. The molecular formula is C23H30O5. The third-order valence-electron chi connectivity index (χ3n) is 5.43. The highest BCUT2D eigenvalue weighted by molar-refractivity contribution is 6.21. The second-order valence-corrected chi connectivity index (χ2v) is 8.43. The highest BCUT2D eigenvalue weighted by atomic mass is 16.6. The summed E-state index contributed by atoms with van der Waals surface area (Å²) >= 11 is 0. The van der Waals surface area contributed by atoms with Crippen LogP contribution in [0.25, 0.3) is 5.57 Å². The number of aryl methyl sites for hydroxylation is 3. The molecule has 0 radical (unpaired) electrons. The lowest BCUT2D eigenvalue weighted by Crippen LogP contribution is -2.42. The summed E-state index contributed by atoms with van der Waals surface area (Å²) in [6.45, 7) is 11.0. The van der Waals surface area contributed by atoms with Crippen molar-refractivity contribution in [2.45, 2.75) is 59.5 Å². The largest absolute Gasteiger partial charge is 0.461 e. The van der Waals surface area contributed by atoms with Crippen LogP contribution in [-0.4, -0.2) is 37.4 Å². The van der Waals surface area contributed by atoms with Crippen molar-refractivity contribution in [3.8, 4) is 0 Å². The molecular weight excluding hydrogens is 356 g/mol. The van der Waals surface area contributed by atoms with Crippen LogP contribution in [0.2, 0.25) is 0 Å². The van der Waals surface area contributed by atoms with Crippen LogP contribution in [0.1, 0.15) is 55.4 Å². The van der Waals surface area contributed by atoms with Gasteiger partial charge in [0.15, 0.2) is 5.60 Å². The monoisotopic (exact) mass is 386 g/mol. The van der Waals surface area contributed by atoms with E-state index in [-0.39, 0.29) is 24.5 Å². The van der Waals surface area contributed by atoms with Gasteiger partial charge in [0, 0.05) is 18.6 Å². The third-order valence-corrected chi connectivity index (χ3v) is 5.43. The van der Waals surface area contributed by atoms with Crippen LogP contribution in [0.15, 0.2) is 17.7 Å². The molecule has 1 spiro atoms. The van der Waals surface area contributed by atoms with E-state index in [9.17, 15) is 9.59 Å². The average Bonchev–Trinajstić information content (AvgIpc) is 2.83. The predicted octanol–water partition coefficient (Wildman–Crippen LogP) is 4.06. The van der Waals surface area contributed by atoms with Gasteiger partial charge in [0.1, 0.15) is 6.61 Å². The fourth-order valence-corrected chi connectivity index (χ4v) is 4.30. The fraction of sp³-hybridized carbons (Fsp3) is 0.565. The average molecular weight is 386 g/mol. The Balaban J connectivity index is 2.06. The van der Waals surface area contributed by atoms with E-state index in [0.29, 0.717) is 31.6 Å². The maximum atomic E-state index is 13.0. The van der Waals surface area contributed by atoms with Gasteiger partial charge in [-0.2, -0.15) is 0 Å². The Hall–Kier alpha value is -2.14. The normalized spacial score (nSPS) is 22.1. The van der Waals surface area contributed by atoms with E-state index in [0.717, 1.165) is 34.2 Å². The van der Waals surface area contributed by atoms with Gasteiger partial charge >= 0.3 is 11.9 Å². The Kier molecular flexibility index (Phi) is 5.94. The lowest BCUT2D eigenvalue weighted by atomic mass is 9.83. The Bertz CT molecular complexity index is 789. The minimum absolute atomic E-state index is 0.0583. The van der Waals surface area contributed by atoms with E-state index in [4.69, 9.17) is 14.2 Å². The minimum atomic E-state index is -0.827. The van der Waals surface area contributed by atoms with Crippen molar-refractivity contribution >= 4 is 17.5 Å². The van der Waals surface area contributed by atoms with Crippen LogP contribution in [-0.2, 0) is 23.8 Å². The molecule has 1 aromatic rings. The van der Waals surface area contributed by atoms with Crippen molar-refractivity contribution in [1.29, 1.82) is 0 Å². The first-order valence-electron chi connectivity index (χ1n) is 10.0. The summed E-state index contributed by atoms with van der Waals surface area (Å²) in [6.07, 6.45) is 1.84. The first-order chi connectivity index (χ1) is 13.2. The second kappa shape index (κ2) is 8.08. The zero-order valence-electron chi connectivity index (χ0n) is 17.5. The molecule has 2 aliphatic heterocycles. The zero-order valence-corrected chi connectivity index (χ0v) is 17.5. The molecule has 28 heavy (non-hydrogen) atoms. The van der Waals surface area contributed by atoms with Crippen LogP contribution in [0, 0.1) is 26.7 Å². The molecule has 152 valence electrons. The molecule has 0 aromatic heterocycles. The summed E-state index contributed by atoms with van der Waals surface area (Å²) in [5.41, 5.74) is 4.52. The van der Waals surface area contributed by atoms with Crippen LogP contribution in [0.4, 0.5) is 0 Å². The molecule has 1 atom stereocenters. The Morgan fingerprint density at radius 3 is 2.46 bits per heavy atom. The topological polar surface area (TPSA) is 61.8 Å². The summed E-state index contributed by atoms with van der Waals surface area (Å²) < 4.78 is 17.1. The molecule has 0 bridgehead atoms. The van der Waals surface area contributed by atoms with E-state index in [2.05, 4.69) is 12.1 Å². The van der Waals surface area contributed by atoms with Crippen LogP contribution in [0.3, 0.4) is 0 Å². The highest BCUT2D eigenvalue weighted by Gasteiger charge is 2.50. The quantitative estimate of drug-likeness (QED) is 0.714. The summed E-state index contributed by atoms with van der Waals surface area (Å²) in [5.74, 6) is -0.392. The Morgan fingerprint density at radius 1 is 1.21 bits per heavy atom. The minimum Gasteiger partial charge on any atom is -0.461 e. The van der Waals surface area contributed by atoms with Gasteiger partial charge in [0.2, 0.25) is 0 Å². The van der Waals surface area contributed by atoms with Crippen molar-refractivity contribution in [2.75, 3.05) is 19.8 Å². The lowest BCUT2D eigenvalue weighted by molar-refractivity contribution is -0.157. The number of hydrogen-bond acceptors (Lipinski definition) is 5. The van der Waals surface area contributed by atoms with E-state index in [1.165, 1.54) is 0 Å². The standard InChI is InChI=1S/C23H30O5/c1-14(2)9-19(24)27-12-18-21(20-16(4)10-15(3)11-17(20)5)22(25)28-23(18)7-6-8-26-13-23/h10-11,14H,6-9,12-13H2,1-5H3. The summed E-state index contributed by atoms with van der Waals surface area (Å²) in [4.78, 5) is 25.2. The maximum Gasteiger partial charge on any atom is 0.339 e. The maximum absolute atomic E-state index is 13.0. The van der Waals surface area contributed by atoms with Gasteiger partial charge in [-0.05, 0) is 56.2 Å². The van der Waals surface area contributed by atoms with Crippen molar-refractivity contribution in [2.24, 2.45) is 5.92 Å². The number of esters is 2. The van der Waals surface area contributed by atoms with Gasteiger partial charge in [-0.1, -0.05) is 31.5 Å². The Morgan fingerprint density at radius 2 is 1.89 bits per heavy atom. The number of carbonyl (C=O) groups excluding carboxylic acids is 2. The Labute approximate surface area is 167 Å². The zero-order chi connectivity index (χ0) is 20.5. The molecule has 5 nitrogen and oxygen atoms in total. The van der Waals surface area contributed by atoms with E-state index in [1.54, 1.807) is 0 Å². The van der Waals surface area contributed by atoms with Crippen molar-refractivity contribution < 1.29 is 23.8 Å². The predicted molar refractivity (Wildman–Crippen MR) is 107 cm³/mol. The molecule has 1 saturated heterocycles. The fourth-order valence-electron chi connectivity index (χ4n) is 4.30. The van der Waals surface area contributed by atoms with E-state index < -0.39 is 5.60 Å². The number of ether oxygens (including phenoxy) is 3. The van der Waals surface area contributed by atoms with E-state index in [1.807, 2.05) is 34.6 Å². The SMILES string of the molecule is Cc1cc(C)c(C2=C(COC(=O)CC(C)C)C3(CCCOC3)OC2=O)c(C)c1. The molecule has 0 aliphatic carbocycles. The first kappa shape index (κ1) is 20.6. The van der Waals surface area contributed by atoms with Crippen LogP contribution < -0.4 is 0 Å². The molecule has 2 heterocycles. The molecule has 3 rings (SSSR count). The van der Waals surface area contributed by atoms with Gasteiger partial charge in [0.25, 0.3) is 0 Å². The molecule has 1 fully saturated rings. The summed E-state index contributed by atoms with van der Waals surface area (Å²) in [5, 5.41) is 0. The van der Waals surface area contributed by atoms with Gasteiger partial charge in [0.05, 0.1) is 12.2 Å². The molecule has 0 saturated carbocycles. The van der Waals surface area contributed by atoms with Gasteiger partial charge in [-0.3, -0.25) is 4.79 Å². The number of rotatable bonds is 5. The van der Waals surface area contributed by atoms with Crippen LogP contribution >= 0.6 is 0 Å². The number of hydrogen-bond donors (Lipinski definition) is 0. The molecule has 5 heteroatoms. The van der Waals surface area contributed by atoms with Crippen molar-refractivity contribution in [3.63, 3.8) is 0 Å². The third kappa shape index (κ3) is 4.00. The van der Waals surface area contributed by atoms with Gasteiger partial charge < -0.3 is 14.2 Å². The summed E-state index contributed by atoms with van der Waals surface area (Å²) in [6, 6.07) is 4.13. The van der Waals surface area contributed by atoms with E-state index >= 15 is 0 Å².